The predicted molar refractivity (Wildman–Crippen MR) is 89.0 cm³/mol. The van der Waals surface area contributed by atoms with Gasteiger partial charge in [-0.05, 0) is 44.4 Å². The van der Waals surface area contributed by atoms with Gasteiger partial charge >= 0.3 is 0 Å². The normalized spacial score (nSPS) is 15.1. The summed E-state index contributed by atoms with van der Waals surface area (Å²) in [6, 6.07) is 7.15. The molecule has 6 nitrogen and oxygen atoms in total. The summed E-state index contributed by atoms with van der Waals surface area (Å²) in [5.74, 6) is 0.268. The Labute approximate surface area is 141 Å². The fourth-order valence-electron chi connectivity index (χ4n) is 2.26. The third-order valence-corrected chi connectivity index (χ3v) is 4.77. The largest absolute Gasteiger partial charge is 0.360 e. The van der Waals surface area contributed by atoms with Crippen LogP contribution < -0.4 is 10.6 Å². The van der Waals surface area contributed by atoms with Crippen molar-refractivity contribution in [2.45, 2.75) is 26.7 Å². The number of hydrogen-bond acceptors (Lipinski definition) is 4. The average Bonchev–Trinajstić information content (AvgIpc) is 3.22. The molecule has 0 aliphatic heterocycles. The minimum atomic E-state index is -1.02. The summed E-state index contributed by atoms with van der Waals surface area (Å²) in [4.78, 5) is 24.9. The van der Waals surface area contributed by atoms with E-state index in [1.54, 1.807) is 13.0 Å². The number of halogens is 1. The maximum atomic E-state index is 12.5. The summed E-state index contributed by atoms with van der Waals surface area (Å²) in [5, 5.41) is 9.17. The van der Waals surface area contributed by atoms with E-state index in [0.717, 1.165) is 10.0 Å². The molecule has 1 aromatic heterocycles. The Kier molecular flexibility index (Phi) is 3.97. The van der Waals surface area contributed by atoms with Gasteiger partial charge in [-0.3, -0.25) is 9.59 Å². The molecule has 0 unspecified atom stereocenters. The summed E-state index contributed by atoms with van der Waals surface area (Å²) < 4.78 is 5.81. The second-order valence-corrected chi connectivity index (χ2v) is 6.63. The van der Waals surface area contributed by atoms with Crippen LogP contribution in [0.15, 0.2) is 33.3 Å². The van der Waals surface area contributed by atoms with Crippen molar-refractivity contribution in [1.82, 2.24) is 5.16 Å². The van der Waals surface area contributed by atoms with Crippen molar-refractivity contribution in [3.63, 3.8) is 0 Å². The second-order valence-electron chi connectivity index (χ2n) is 5.78. The van der Waals surface area contributed by atoms with E-state index in [9.17, 15) is 9.59 Å². The molecule has 0 spiro atoms. The zero-order valence-electron chi connectivity index (χ0n) is 12.8. The molecule has 2 amide bonds. The number of anilines is 2. The molecular formula is C16H16BrN3O3. The third-order valence-electron chi connectivity index (χ3n) is 3.92. The molecule has 120 valence electrons. The first-order valence-corrected chi connectivity index (χ1v) is 8.02. The molecule has 2 aromatic rings. The van der Waals surface area contributed by atoms with Gasteiger partial charge in [-0.15, -0.1) is 0 Å². The molecule has 1 aliphatic rings. The molecule has 0 atom stereocenters. The third kappa shape index (κ3) is 3.14. The molecule has 1 saturated carbocycles. The van der Waals surface area contributed by atoms with E-state index in [0.29, 0.717) is 30.1 Å². The van der Waals surface area contributed by atoms with Gasteiger partial charge in [0.05, 0.1) is 0 Å². The van der Waals surface area contributed by atoms with Crippen LogP contribution in [-0.4, -0.2) is 17.0 Å². The van der Waals surface area contributed by atoms with E-state index in [2.05, 4.69) is 31.7 Å². The first-order chi connectivity index (χ1) is 10.9. The summed E-state index contributed by atoms with van der Waals surface area (Å²) in [6.45, 7) is 3.70. The van der Waals surface area contributed by atoms with Crippen LogP contribution in [0.25, 0.3) is 0 Å². The number of aryl methyl sites for hydroxylation is 2. The SMILES string of the molecule is Cc1cc(NC(=O)C2(C(=O)Nc3ccc(C)c(Br)c3)CC2)no1. The van der Waals surface area contributed by atoms with Crippen LogP contribution >= 0.6 is 15.9 Å². The lowest BCUT2D eigenvalue weighted by atomic mass is 10.0. The lowest BCUT2D eigenvalue weighted by Crippen LogP contribution is -2.35. The van der Waals surface area contributed by atoms with Gasteiger partial charge in [-0.2, -0.15) is 0 Å². The molecule has 2 N–H and O–H groups in total. The zero-order chi connectivity index (χ0) is 16.6. The molecule has 1 aliphatic carbocycles. The summed E-state index contributed by atoms with van der Waals surface area (Å²) in [7, 11) is 0. The first kappa shape index (κ1) is 15.7. The monoisotopic (exact) mass is 377 g/mol. The van der Waals surface area contributed by atoms with Gasteiger partial charge < -0.3 is 15.2 Å². The van der Waals surface area contributed by atoms with Gasteiger partial charge in [0.25, 0.3) is 0 Å². The molecule has 1 heterocycles. The predicted octanol–water partition coefficient (Wildman–Crippen LogP) is 3.41. The average molecular weight is 378 g/mol. The Morgan fingerprint density at radius 2 is 1.87 bits per heavy atom. The first-order valence-electron chi connectivity index (χ1n) is 7.23. The Balaban J connectivity index is 1.70. The van der Waals surface area contributed by atoms with Crippen LogP contribution in [0, 0.1) is 19.3 Å². The number of benzene rings is 1. The van der Waals surface area contributed by atoms with Crippen molar-refractivity contribution < 1.29 is 14.1 Å². The highest BCUT2D eigenvalue weighted by atomic mass is 79.9. The molecule has 23 heavy (non-hydrogen) atoms. The summed E-state index contributed by atoms with van der Waals surface area (Å²) >= 11 is 3.43. The van der Waals surface area contributed by atoms with E-state index in [1.807, 2.05) is 25.1 Å². The van der Waals surface area contributed by atoms with Crippen LogP contribution in [0.5, 0.6) is 0 Å². The summed E-state index contributed by atoms with van der Waals surface area (Å²) in [6.07, 6.45) is 1.04. The van der Waals surface area contributed by atoms with Gasteiger partial charge in [0.1, 0.15) is 11.2 Å². The van der Waals surface area contributed by atoms with E-state index < -0.39 is 5.41 Å². The molecule has 3 rings (SSSR count). The van der Waals surface area contributed by atoms with Gasteiger partial charge in [0, 0.05) is 16.2 Å². The number of nitrogens with zero attached hydrogens (tertiary/aromatic N) is 1. The maximum absolute atomic E-state index is 12.5. The van der Waals surface area contributed by atoms with Gasteiger partial charge in [0.2, 0.25) is 11.8 Å². The van der Waals surface area contributed by atoms with Crippen molar-refractivity contribution in [3.05, 3.63) is 40.1 Å². The van der Waals surface area contributed by atoms with Gasteiger partial charge in [-0.1, -0.05) is 27.2 Å². The molecule has 0 bridgehead atoms. The standard InChI is InChI=1S/C16H16BrN3O3/c1-9-3-4-11(8-12(9)17)18-14(21)16(5-6-16)15(22)19-13-7-10(2)23-20-13/h3-4,7-8H,5-6H2,1-2H3,(H,18,21)(H,19,20,22). The highest BCUT2D eigenvalue weighted by Gasteiger charge is 2.56. The maximum Gasteiger partial charge on any atom is 0.241 e. The quantitative estimate of drug-likeness (QED) is 0.799. The fraction of sp³-hybridized carbons (Fsp3) is 0.312. The molecule has 1 aromatic carbocycles. The Hall–Kier alpha value is -2.15. The van der Waals surface area contributed by atoms with Crippen LogP contribution in [0.1, 0.15) is 24.2 Å². The molecular weight excluding hydrogens is 362 g/mol. The molecule has 7 heteroatoms. The number of rotatable bonds is 4. The lowest BCUT2D eigenvalue weighted by Gasteiger charge is -2.14. The number of amides is 2. The Morgan fingerprint density at radius 1 is 1.17 bits per heavy atom. The number of aromatic nitrogens is 1. The van der Waals surface area contributed by atoms with Gasteiger partial charge in [0.15, 0.2) is 5.82 Å². The Bertz CT molecular complexity index is 781. The van der Waals surface area contributed by atoms with E-state index in [4.69, 9.17) is 4.52 Å². The van der Waals surface area contributed by atoms with Crippen molar-refractivity contribution >= 4 is 39.2 Å². The van der Waals surface area contributed by atoms with Crippen molar-refractivity contribution in [1.29, 1.82) is 0 Å². The zero-order valence-corrected chi connectivity index (χ0v) is 14.4. The molecule has 0 saturated heterocycles. The van der Waals surface area contributed by atoms with Crippen LogP contribution in [0.3, 0.4) is 0 Å². The van der Waals surface area contributed by atoms with E-state index >= 15 is 0 Å². The van der Waals surface area contributed by atoms with Crippen molar-refractivity contribution in [2.24, 2.45) is 5.41 Å². The van der Waals surface area contributed by atoms with Crippen LogP contribution in [-0.2, 0) is 9.59 Å². The van der Waals surface area contributed by atoms with Crippen molar-refractivity contribution in [3.8, 4) is 0 Å². The number of carbonyl (C=O) groups excluding carboxylic acids is 2. The van der Waals surface area contributed by atoms with E-state index in [-0.39, 0.29) is 11.8 Å². The highest BCUT2D eigenvalue weighted by Crippen LogP contribution is 2.47. The number of carbonyl (C=O) groups is 2. The second kappa shape index (κ2) is 5.81. The van der Waals surface area contributed by atoms with Gasteiger partial charge in [-0.25, -0.2) is 0 Å². The molecule has 1 fully saturated rings. The number of hydrogen-bond donors (Lipinski definition) is 2. The Morgan fingerprint density at radius 3 is 2.43 bits per heavy atom. The van der Waals surface area contributed by atoms with Crippen LogP contribution in [0.2, 0.25) is 0 Å². The van der Waals surface area contributed by atoms with Crippen molar-refractivity contribution in [2.75, 3.05) is 10.6 Å². The lowest BCUT2D eigenvalue weighted by molar-refractivity contribution is -0.131. The van der Waals surface area contributed by atoms with E-state index in [1.165, 1.54) is 0 Å². The highest BCUT2D eigenvalue weighted by molar-refractivity contribution is 9.10. The fourth-order valence-corrected chi connectivity index (χ4v) is 2.64. The summed E-state index contributed by atoms with van der Waals surface area (Å²) in [5.41, 5.74) is 0.705. The smallest absolute Gasteiger partial charge is 0.241 e. The molecule has 0 radical (unpaired) electrons. The minimum absolute atomic E-state index is 0.300. The minimum Gasteiger partial charge on any atom is -0.360 e. The topological polar surface area (TPSA) is 84.2 Å². The number of nitrogens with one attached hydrogen (secondary N) is 2. The van der Waals surface area contributed by atoms with Crippen LogP contribution in [0.4, 0.5) is 11.5 Å².